The Hall–Kier alpha value is -2.84. The zero-order valence-electron chi connectivity index (χ0n) is 18.0. The number of anilines is 1. The van der Waals surface area contributed by atoms with Crippen LogP contribution >= 0.6 is 0 Å². The Kier molecular flexibility index (Phi) is 5.19. The van der Waals surface area contributed by atoms with Crippen molar-refractivity contribution < 1.29 is 9.53 Å². The minimum atomic E-state index is 0.0269. The van der Waals surface area contributed by atoms with Crippen LogP contribution in [0.4, 0.5) is 5.82 Å². The van der Waals surface area contributed by atoms with Gasteiger partial charge in [-0.15, -0.1) is 0 Å². The smallest absolute Gasteiger partial charge is 0.228 e. The highest BCUT2D eigenvalue weighted by molar-refractivity contribution is 5.94. The summed E-state index contributed by atoms with van der Waals surface area (Å²) in [5, 5.41) is 8.19. The number of nitrogens with one attached hydrogen (secondary N) is 1. The van der Waals surface area contributed by atoms with Gasteiger partial charge in [-0.3, -0.25) is 14.5 Å². The number of hydrogen-bond acceptors (Lipinski definition) is 6. The van der Waals surface area contributed by atoms with Crippen molar-refractivity contribution in [1.29, 1.82) is 0 Å². The van der Waals surface area contributed by atoms with Crippen LogP contribution in [0.1, 0.15) is 19.8 Å². The molecule has 0 aromatic carbocycles. The highest BCUT2D eigenvalue weighted by atomic mass is 16.5. The van der Waals surface area contributed by atoms with Gasteiger partial charge >= 0.3 is 0 Å². The van der Waals surface area contributed by atoms with Crippen molar-refractivity contribution in [2.45, 2.75) is 19.8 Å². The summed E-state index contributed by atoms with van der Waals surface area (Å²) in [6.45, 7) is 6.93. The number of pyridine rings is 2. The fraction of sp³-hybridized carbons (Fsp3) is 0.478. The van der Waals surface area contributed by atoms with Crippen molar-refractivity contribution >= 4 is 22.6 Å². The molecule has 5 heterocycles. The molecule has 8 heteroatoms. The van der Waals surface area contributed by atoms with Crippen LogP contribution in [0.15, 0.2) is 36.9 Å². The number of ether oxygens (including phenoxy) is 1. The number of aryl methyl sites for hydroxylation is 1. The van der Waals surface area contributed by atoms with Crippen molar-refractivity contribution in [3.63, 3.8) is 0 Å². The number of rotatable bonds is 5. The molecule has 2 aliphatic rings. The summed E-state index contributed by atoms with van der Waals surface area (Å²) in [5.41, 5.74) is 3.08. The topological polar surface area (TPSA) is 85.2 Å². The Labute approximate surface area is 181 Å². The van der Waals surface area contributed by atoms with Crippen molar-refractivity contribution in [3.8, 4) is 11.1 Å². The zero-order chi connectivity index (χ0) is 21.4. The number of piperidine rings is 1. The summed E-state index contributed by atoms with van der Waals surface area (Å²) >= 11 is 0. The first-order valence-electron chi connectivity index (χ1n) is 10.8. The normalized spacial score (nSPS) is 19.3. The van der Waals surface area contributed by atoms with Gasteiger partial charge in [0, 0.05) is 53.8 Å². The number of carbonyl (C=O) groups excluding carboxylic acids is 1. The van der Waals surface area contributed by atoms with E-state index in [4.69, 9.17) is 4.74 Å². The molecule has 2 fully saturated rings. The fourth-order valence-electron chi connectivity index (χ4n) is 4.49. The minimum Gasteiger partial charge on any atom is -0.380 e. The number of carbonyl (C=O) groups is 1. The monoisotopic (exact) mass is 420 g/mol. The number of fused-ring (bicyclic) bond motifs is 1. The average molecular weight is 421 g/mol. The molecule has 0 saturated carbocycles. The zero-order valence-corrected chi connectivity index (χ0v) is 18.0. The van der Waals surface area contributed by atoms with Gasteiger partial charge in [-0.1, -0.05) is 6.92 Å². The van der Waals surface area contributed by atoms with Crippen LogP contribution in [0.3, 0.4) is 0 Å². The van der Waals surface area contributed by atoms with Gasteiger partial charge in [0.1, 0.15) is 5.82 Å². The number of nitrogens with zero attached hydrogens (tertiary/aromatic N) is 5. The summed E-state index contributed by atoms with van der Waals surface area (Å²) in [6.07, 6.45) is 9.06. The highest BCUT2D eigenvalue weighted by Gasteiger charge is 2.36. The van der Waals surface area contributed by atoms with Crippen LogP contribution in [-0.4, -0.2) is 63.4 Å². The van der Waals surface area contributed by atoms with Crippen LogP contribution in [0, 0.1) is 11.3 Å². The fourth-order valence-corrected chi connectivity index (χ4v) is 4.49. The lowest BCUT2D eigenvalue weighted by Crippen LogP contribution is -2.51. The third-order valence-corrected chi connectivity index (χ3v) is 6.32. The molecule has 0 aliphatic carbocycles. The number of aromatic nitrogens is 4. The largest absolute Gasteiger partial charge is 0.380 e. The van der Waals surface area contributed by atoms with Crippen molar-refractivity contribution in [2.24, 2.45) is 18.4 Å². The molecule has 0 atom stereocenters. The molecule has 5 rings (SSSR count). The Morgan fingerprint density at radius 3 is 2.65 bits per heavy atom. The Morgan fingerprint density at radius 1 is 1.16 bits per heavy atom. The van der Waals surface area contributed by atoms with Gasteiger partial charge in [-0.05, 0) is 38.1 Å². The second kappa shape index (κ2) is 8.01. The number of hydrogen-bond donors (Lipinski definition) is 1. The van der Waals surface area contributed by atoms with E-state index in [1.165, 1.54) is 0 Å². The van der Waals surface area contributed by atoms with E-state index in [0.717, 1.165) is 67.7 Å². The maximum atomic E-state index is 12.8. The predicted octanol–water partition coefficient (Wildman–Crippen LogP) is 2.72. The third kappa shape index (κ3) is 4.31. The summed E-state index contributed by atoms with van der Waals surface area (Å²) in [6, 6.07) is 3.95. The second-order valence-electron chi connectivity index (χ2n) is 9.23. The van der Waals surface area contributed by atoms with Gasteiger partial charge in [0.15, 0.2) is 0 Å². The molecule has 0 radical (unpaired) electrons. The molecule has 8 nitrogen and oxygen atoms in total. The Morgan fingerprint density at radius 2 is 1.97 bits per heavy atom. The third-order valence-electron chi connectivity index (χ3n) is 6.32. The summed E-state index contributed by atoms with van der Waals surface area (Å²) < 4.78 is 7.13. The average Bonchev–Trinajstić information content (AvgIpc) is 3.19. The molecule has 162 valence electrons. The van der Waals surface area contributed by atoms with Gasteiger partial charge in [-0.2, -0.15) is 5.10 Å². The lowest BCUT2D eigenvalue weighted by molar-refractivity contribution is -0.125. The van der Waals surface area contributed by atoms with Gasteiger partial charge in [-0.25, -0.2) is 4.98 Å². The Balaban J connectivity index is 1.23. The molecule has 2 saturated heterocycles. The first-order chi connectivity index (χ1) is 15.0. The van der Waals surface area contributed by atoms with Crippen molar-refractivity contribution in [2.75, 3.05) is 38.2 Å². The van der Waals surface area contributed by atoms with E-state index in [1.807, 2.05) is 31.7 Å². The van der Waals surface area contributed by atoms with E-state index < -0.39 is 0 Å². The lowest BCUT2D eigenvalue weighted by Gasteiger charge is -2.43. The van der Waals surface area contributed by atoms with Crippen LogP contribution in [0.25, 0.3) is 22.0 Å². The van der Waals surface area contributed by atoms with E-state index in [-0.39, 0.29) is 17.2 Å². The lowest BCUT2D eigenvalue weighted by atomic mass is 9.86. The molecule has 3 aromatic rings. The maximum Gasteiger partial charge on any atom is 0.228 e. The van der Waals surface area contributed by atoms with Crippen LogP contribution in [0.5, 0.6) is 0 Å². The summed E-state index contributed by atoms with van der Waals surface area (Å²) in [4.78, 5) is 24.2. The molecule has 31 heavy (non-hydrogen) atoms. The molecule has 1 amide bonds. The molecule has 3 aromatic heterocycles. The predicted molar refractivity (Wildman–Crippen MR) is 118 cm³/mol. The van der Waals surface area contributed by atoms with E-state index in [2.05, 4.69) is 38.3 Å². The maximum absolute atomic E-state index is 12.8. The molecule has 2 aliphatic heterocycles. The second-order valence-corrected chi connectivity index (χ2v) is 9.23. The van der Waals surface area contributed by atoms with E-state index >= 15 is 0 Å². The van der Waals surface area contributed by atoms with Gasteiger partial charge in [0.05, 0.1) is 31.1 Å². The SMILES string of the molecule is Cn1cc(-c2cnc3cnc(NC(=O)C4CCN(CC5(C)COC5)CC4)cc3c2)cn1. The van der Waals surface area contributed by atoms with E-state index in [0.29, 0.717) is 5.82 Å². The number of amides is 1. The van der Waals surface area contributed by atoms with Crippen molar-refractivity contribution in [3.05, 3.63) is 36.9 Å². The van der Waals surface area contributed by atoms with Crippen molar-refractivity contribution in [1.82, 2.24) is 24.6 Å². The molecule has 1 N–H and O–H groups in total. The quantitative estimate of drug-likeness (QED) is 0.683. The highest BCUT2D eigenvalue weighted by Crippen LogP contribution is 2.30. The van der Waals surface area contributed by atoms with Gasteiger partial charge in [0.25, 0.3) is 0 Å². The minimum absolute atomic E-state index is 0.0269. The van der Waals surface area contributed by atoms with Gasteiger partial charge in [0.2, 0.25) is 5.91 Å². The van der Waals surface area contributed by atoms with E-state index in [1.54, 1.807) is 10.9 Å². The molecule has 0 unspecified atom stereocenters. The van der Waals surface area contributed by atoms with E-state index in [9.17, 15) is 4.79 Å². The summed E-state index contributed by atoms with van der Waals surface area (Å²) in [7, 11) is 1.89. The molecule has 0 spiro atoms. The van der Waals surface area contributed by atoms with Crippen LogP contribution < -0.4 is 5.32 Å². The standard InChI is InChI=1S/C23H28N6O2/c1-23(14-31-15-23)13-29-5-3-16(4-6-29)22(30)27-21-8-17-7-18(9-24-20(17)11-25-21)19-10-26-28(2)12-19/h7-12,16H,3-6,13-15H2,1-2H3,(H,25,27,30). The first-order valence-corrected chi connectivity index (χ1v) is 10.8. The Bertz CT molecular complexity index is 1100. The van der Waals surface area contributed by atoms with Crippen LogP contribution in [0.2, 0.25) is 0 Å². The molecule has 0 bridgehead atoms. The molecular weight excluding hydrogens is 392 g/mol. The summed E-state index contributed by atoms with van der Waals surface area (Å²) in [5.74, 6) is 0.657. The first kappa shape index (κ1) is 20.1. The van der Waals surface area contributed by atoms with Crippen LogP contribution in [-0.2, 0) is 16.6 Å². The van der Waals surface area contributed by atoms with Gasteiger partial charge < -0.3 is 15.0 Å². The number of likely N-dealkylation sites (tertiary alicyclic amines) is 1. The molecular formula is C23H28N6O2.